The minimum absolute atomic E-state index is 0.0469. The molecule has 1 fully saturated rings. The van der Waals surface area contributed by atoms with Gasteiger partial charge in [0.25, 0.3) is 0 Å². The molecule has 0 aromatic heterocycles. The second-order valence-electron chi connectivity index (χ2n) is 8.51. The topological polar surface area (TPSA) is 35.5 Å². The molecule has 32 heavy (non-hydrogen) atoms. The summed E-state index contributed by atoms with van der Waals surface area (Å²) < 4.78 is 37.0. The first-order valence-corrected chi connectivity index (χ1v) is 11.6. The number of allylic oxidation sites excluding steroid dienone is 1. The van der Waals surface area contributed by atoms with Crippen LogP contribution in [0.3, 0.4) is 0 Å². The molecule has 0 aliphatic heterocycles. The predicted octanol–water partition coefficient (Wildman–Crippen LogP) is 7.51. The highest BCUT2D eigenvalue weighted by Gasteiger charge is 2.18. The Morgan fingerprint density at radius 1 is 0.969 bits per heavy atom. The van der Waals surface area contributed by atoms with Crippen molar-refractivity contribution in [3.8, 4) is 11.5 Å². The Kier molecular flexibility index (Phi) is 9.27. The van der Waals surface area contributed by atoms with Crippen LogP contribution in [0.25, 0.3) is 0 Å². The van der Waals surface area contributed by atoms with Gasteiger partial charge in [-0.25, -0.2) is 13.6 Å². The minimum Gasteiger partial charge on any atom is -0.490 e. The lowest BCUT2D eigenvalue weighted by Crippen LogP contribution is -2.13. The lowest BCUT2D eigenvalue weighted by molar-refractivity contribution is 0.0734. The fourth-order valence-corrected chi connectivity index (χ4v) is 4.14. The Bertz CT molecular complexity index is 884. The van der Waals surface area contributed by atoms with E-state index in [0.29, 0.717) is 23.8 Å². The van der Waals surface area contributed by atoms with Gasteiger partial charge in [-0.15, -0.1) is 0 Å². The molecule has 0 N–H and O–H groups in total. The van der Waals surface area contributed by atoms with Crippen molar-refractivity contribution in [1.82, 2.24) is 0 Å². The van der Waals surface area contributed by atoms with Gasteiger partial charge in [0.15, 0.2) is 11.6 Å². The third kappa shape index (κ3) is 7.47. The highest BCUT2D eigenvalue weighted by molar-refractivity contribution is 5.91. The number of rotatable bonds is 10. The monoisotopic (exact) mass is 442 g/mol. The number of halogens is 2. The first kappa shape index (κ1) is 24.0. The van der Waals surface area contributed by atoms with E-state index in [1.807, 2.05) is 0 Å². The van der Waals surface area contributed by atoms with Crippen molar-refractivity contribution >= 4 is 5.97 Å². The lowest BCUT2D eigenvalue weighted by atomic mass is 9.79. The summed E-state index contributed by atoms with van der Waals surface area (Å²) in [6, 6.07) is 9.52. The van der Waals surface area contributed by atoms with Crippen molar-refractivity contribution in [2.24, 2.45) is 11.8 Å². The molecule has 1 aliphatic rings. The summed E-state index contributed by atoms with van der Waals surface area (Å²) in [5, 5.41) is 0. The zero-order valence-corrected chi connectivity index (χ0v) is 18.7. The van der Waals surface area contributed by atoms with E-state index in [4.69, 9.17) is 9.47 Å². The van der Waals surface area contributed by atoms with Crippen LogP contribution in [-0.4, -0.2) is 12.6 Å². The number of ether oxygens (including phenoxy) is 2. The molecule has 0 heterocycles. The summed E-state index contributed by atoms with van der Waals surface area (Å²) in [4.78, 5) is 12.2. The van der Waals surface area contributed by atoms with Crippen molar-refractivity contribution < 1.29 is 23.0 Å². The van der Waals surface area contributed by atoms with Crippen LogP contribution >= 0.6 is 0 Å². The molecular weight excluding hydrogens is 410 g/mol. The van der Waals surface area contributed by atoms with Gasteiger partial charge in [-0.05, 0) is 73.9 Å². The largest absolute Gasteiger partial charge is 0.490 e. The molecule has 2 aromatic carbocycles. The van der Waals surface area contributed by atoms with E-state index in [9.17, 15) is 13.6 Å². The summed E-state index contributed by atoms with van der Waals surface area (Å²) >= 11 is 0. The number of esters is 1. The molecule has 0 radical (unpaired) electrons. The molecule has 0 spiro atoms. The molecule has 2 aromatic rings. The van der Waals surface area contributed by atoms with Crippen LogP contribution in [0.4, 0.5) is 8.78 Å². The zero-order chi connectivity index (χ0) is 22.8. The molecular formula is C27H32F2O3. The lowest BCUT2D eigenvalue weighted by Gasteiger charge is -2.26. The fraction of sp³-hybridized carbons (Fsp3) is 0.444. The standard InChI is InChI=1S/C27H32F2O3/c1-2-3-4-6-20-8-10-21(11-9-20)7-5-18-31-23-14-12-22(13-15-23)27(30)32-24-16-17-25(28)26(29)19-24/h5,7,12-17,19-21H,2-4,6,8-11,18H2,1H3/t20-,21-. The van der Waals surface area contributed by atoms with E-state index in [1.54, 1.807) is 24.3 Å². The van der Waals surface area contributed by atoms with Crippen LogP contribution < -0.4 is 9.47 Å². The van der Waals surface area contributed by atoms with Gasteiger partial charge in [0.05, 0.1) is 5.56 Å². The van der Waals surface area contributed by atoms with E-state index < -0.39 is 17.6 Å². The van der Waals surface area contributed by atoms with Crippen LogP contribution in [0, 0.1) is 23.5 Å². The van der Waals surface area contributed by atoms with Crippen LogP contribution in [0.5, 0.6) is 11.5 Å². The molecule has 0 saturated heterocycles. The molecule has 1 aliphatic carbocycles. The van der Waals surface area contributed by atoms with E-state index in [0.717, 1.165) is 18.1 Å². The second kappa shape index (κ2) is 12.4. The molecule has 3 nitrogen and oxygen atoms in total. The maximum Gasteiger partial charge on any atom is 0.343 e. The van der Waals surface area contributed by atoms with Gasteiger partial charge in [-0.2, -0.15) is 0 Å². The van der Waals surface area contributed by atoms with Gasteiger partial charge >= 0.3 is 5.97 Å². The molecule has 0 amide bonds. The molecule has 0 atom stereocenters. The number of carbonyl (C=O) groups is 1. The summed E-state index contributed by atoms with van der Waals surface area (Å²) in [6.07, 6.45) is 15.0. The van der Waals surface area contributed by atoms with Crippen molar-refractivity contribution in [3.63, 3.8) is 0 Å². The van der Waals surface area contributed by atoms with Gasteiger partial charge in [-0.1, -0.05) is 44.8 Å². The molecule has 0 unspecified atom stereocenters. The normalized spacial score (nSPS) is 18.6. The van der Waals surface area contributed by atoms with Crippen molar-refractivity contribution in [3.05, 3.63) is 71.8 Å². The van der Waals surface area contributed by atoms with E-state index >= 15 is 0 Å². The van der Waals surface area contributed by atoms with Crippen LogP contribution in [0.1, 0.15) is 68.6 Å². The highest BCUT2D eigenvalue weighted by Crippen LogP contribution is 2.32. The van der Waals surface area contributed by atoms with Gasteiger partial charge in [0.1, 0.15) is 18.1 Å². The Hall–Kier alpha value is -2.69. The third-order valence-corrected chi connectivity index (χ3v) is 6.05. The number of unbranched alkanes of at least 4 members (excludes halogenated alkanes) is 2. The predicted molar refractivity (Wildman–Crippen MR) is 122 cm³/mol. The highest BCUT2D eigenvalue weighted by atomic mass is 19.2. The van der Waals surface area contributed by atoms with E-state index in [-0.39, 0.29) is 5.75 Å². The Labute approximate surface area is 189 Å². The van der Waals surface area contributed by atoms with Crippen LogP contribution in [0.2, 0.25) is 0 Å². The summed E-state index contributed by atoms with van der Waals surface area (Å²) in [7, 11) is 0. The average Bonchev–Trinajstić information content (AvgIpc) is 2.81. The van der Waals surface area contributed by atoms with Gasteiger partial charge < -0.3 is 9.47 Å². The Balaban J connectivity index is 1.38. The molecule has 0 bridgehead atoms. The number of benzene rings is 2. The first-order chi connectivity index (χ1) is 15.5. The molecule has 5 heteroatoms. The summed E-state index contributed by atoms with van der Waals surface area (Å²) in [6.45, 7) is 2.74. The van der Waals surface area contributed by atoms with Gasteiger partial charge in [0, 0.05) is 6.07 Å². The molecule has 3 rings (SSSR count). The maximum atomic E-state index is 13.2. The summed E-state index contributed by atoms with van der Waals surface area (Å²) in [5.41, 5.74) is 0.299. The van der Waals surface area contributed by atoms with Crippen molar-refractivity contribution in [1.29, 1.82) is 0 Å². The smallest absolute Gasteiger partial charge is 0.343 e. The van der Waals surface area contributed by atoms with Gasteiger partial charge in [0.2, 0.25) is 0 Å². The second-order valence-corrected chi connectivity index (χ2v) is 8.51. The fourth-order valence-electron chi connectivity index (χ4n) is 4.14. The average molecular weight is 443 g/mol. The Morgan fingerprint density at radius 3 is 2.38 bits per heavy atom. The molecule has 172 valence electrons. The van der Waals surface area contributed by atoms with E-state index in [1.165, 1.54) is 57.4 Å². The maximum absolute atomic E-state index is 13.2. The minimum atomic E-state index is -1.06. The van der Waals surface area contributed by atoms with E-state index in [2.05, 4.69) is 19.1 Å². The van der Waals surface area contributed by atoms with Crippen LogP contribution in [-0.2, 0) is 0 Å². The SMILES string of the molecule is CCCCC[C@H]1CC[C@H](C=CCOc2ccc(C(=O)Oc3ccc(F)c(F)c3)cc2)CC1. The zero-order valence-electron chi connectivity index (χ0n) is 18.7. The number of hydrogen-bond acceptors (Lipinski definition) is 3. The van der Waals surface area contributed by atoms with Crippen molar-refractivity contribution in [2.75, 3.05) is 6.61 Å². The van der Waals surface area contributed by atoms with Crippen LogP contribution in [0.15, 0.2) is 54.6 Å². The summed E-state index contributed by atoms with van der Waals surface area (Å²) in [5.74, 6) is -0.535. The number of carbonyl (C=O) groups excluding carboxylic acids is 1. The van der Waals surface area contributed by atoms with Gasteiger partial charge in [-0.3, -0.25) is 0 Å². The first-order valence-electron chi connectivity index (χ1n) is 11.6. The third-order valence-electron chi connectivity index (χ3n) is 6.05. The Morgan fingerprint density at radius 2 is 1.69 bits per heavy atom. The number of hydrogen-bond donors (Lipinski definition) is 0. The molecule has 1 saturated carbocycles. The quantitative estimate of drug-likeness (QED) is 0.165. The van der Waals surface area contributed by atoms with Crippen molar-refractivity contribution in [2.45, 2.75) is 58.3 Å².